The number of hydrogen-bond donors (Lipinski definition) is 2. The molecule has 0 saturated heterocycles. The monoisotopic (exact) mass is 447 g/mol. The molecule has 3 N–H and O–H groups in total. The highest BCUT2D eigenvalue weighted by Gasteiger charge is 2.29. The smallest absolute Gasteiger partial charge is 0.258 e. The van der Waals surface area contributed by atoms with Gasteiger partial charge in [-0.3, -0.25) is 9.20 Å². The van der Waals surface area contributed by atoms with E-state index in [2.05, 4.69) is 15.3 Å². The van der Waals surface area contributed by atoms with Crippen molar-refractivity contribution in [2.24, 2.45) is 0 Å². The normalized spacial score (nSPS) is 12.4. The molecule has 1 unspecified atom stereocenters. The molecule has 0 radical (unpaired) electrons. The Labute approximate surface area is 185 Å². The van der Waals surface area contributed by atoms with Crippen molar-refractivity contribution in [1.82, 2.24) is 19.7 Å². The second kappa shape index (κ2) is 9.09. The average molecular weight is 448 g/mol. The number of nitrogen functional groups attached to an aromatic ring is 1. The van der Waals surface area contributed by atoms with Crippen LogP contribution >= 0.6 is 11.6 Å². The molecule has 166 valence electrons. The van der Waals surface area contributed by atoms with Crippen LogP contribution in [-0.2, 0) is 0 Å². The van der Waals surface area contributed by atoms with Crippen LogP contribution in [0.15, 0.2) is 18.5 Å². The van der Waals surface area contributed by atoms with Crippen molar-refractivity contribution in [2.45, 2.75) is 53.1 Å². The van der Waals surface area contributed by atoms with Crippen LogP contribution in [0.1, 0.15) is 67.5 Å². The van der Waals surface area contributed by atoms with Gasteiger partial charge in [-0.1, -0.05) is 25.4 Å². The quantitative estimate of drug-likeness (QED) is 0.556. The van der Waals surface area contributed by atoms with E-state index in [4.69, 9.17) is 22.1 Å². The van der Waals surface area contributed by atoms with E-state index in [0.717, 1.165) is 0 Å². The van der Waals surface area contributed by atoms with Gasteiger partial charge in [0.15, 0.2) is 5.82 Å². The molecular formula is C22H27ClFN5O2. The van der Waals surface area contributed by atoms with Crippen LogP contribution in [0.2, 0.25) is 5.02 Å². The number of hydrogen-bond acceptors (Lipinski definition) is 5. The summed E-state index contributed by atoms with van der Waals surface area (Å²) in [4.78, 5) is 21.6. The number of amides is 1. The molecule has 0 aliphatic carbocycles. The first-order chi connectivity index (χ1) is 14.7. The highest BCUT2D eigenvalue weighted by molar-refractivity contribution is 6.31. The molecule has 1 aromatic carbocycles. The number of aromatic nitrogens is 3. The first-order valence-electron chi connectivity index (χ1n) is 10.2. The number of nitrogens with one attached hydrogen (secondary N) is 1. The Balaban J connectivity index is 2.24. The number of benzene rings is 1. The highest BCUT2D eigenvalue weighted by Crippen LogP contribution is 2.39. The molecule has 0 aliphatic rings. The summed E-state index contributed by atoms with van der Waals surface area (Å²) >= 11 is 6.22. The van der Waals surface area contributed by atoms with Crippen molar-refractivity contribution < 1.29 is 13.9 Å². The lowest BCUT2D eigenvalue weighted by molar-refractivity contribution is 0.0943. The van der Waals surface area contributed by atoms with Crippen molar-refractivity contribution >= 4 is 28.8 Å². The Morgan fingerprint density at radius 2 is 2.10 bits per heavy atom. The Morgan fingerprint density at radius 1 is 1.39 bits per heavy atom. The topological polar surface area (TPSA) is 94.5 Å². The van der Waals surface area contributed by atoms with Gasteiger partial charge in [-0.15, -0.1) is 0 Å². The van der Waals surface area contributed by atoms with Crippen LogP contribution in [0, 0.1) is 12.7 Å². The minimum Gasteiger partial charge on any atom is -0.490 e. The van der Waals surface area contributed by atoms with E-state index in [1.54, 1.807) is 12.4 Å². The van der Waals surface area contributed by atoms with Gasteiger partial charge in [0.05, 0.1) is 16.8 Å². The number of anilines is 1. The molecule has 0 fully saturated rings. The molecule has 3 aromatic rings. The van der Waals surface area contributed by atoms with E-state index in [1.807, 2.05) is 39.0 Å². The summed E-state index contributed by atoms with van der Waals surface area (Å²) in [7, 11) is 0. The van der Waals surface area contributed by atoms with Crippen LogP contribution in [-0.4, -0.2) is 32.9 Å². The number of aryl methyl sites for hydroxylation is 1. The molecule has 2 aromatic heterocycles. The van der Waals surface area contributed by atoms with Gasteiger partial charge in [-0.05, 0) is 33.3 Å². The number of rotatable bonds is 7. The number of nitrogens with two attached hydrogens (primary N) is 1. The van der Waals surface area contributed by atoms with Crippen LogP contribution in [0.4, 0.5) is 10.2 Å². The Hall–Kier alpha value is -2.87. The number of ether oxygens (including phenoxy) is 1. The van der Waals surface area contributed by atoms with E-state index < -0.39 is 11.7 Å². The lowest BCUT2D eigenvalue weighted by atomic mass is 9.95. The zero-order valence-electron chi connectivity index (χ0n) is 18.3. The molecule has 0 spiro atoms. The summed E-state index contributed by atoms with van der Waals surface area (Å²) < 4.78 is 22.8. The van der Waals surface area contributed by atoms with E-state index in [0.29, 0.717) is 41.4 Å². The molecular weight excluding hydrogens is 421 g/mol. The maximum Gasteiger partial charge on any atom is 0.258 e. The fourth-order valence-electron chi connectivity index (χ4n) is 3.56. The zero-order valence-corrected chi connectivity index (χ0v) is 19.0. The second-order valence-electron chi connectivity index (χ2n) is 7.70. The average Bonchev–Trinajstić information content (AvgIpc) is 3.06. The van der Waals surface area contributed by atoms with Gasteiger partial charge >= 0.3 is 0 Å². The number of fused-ring (bicyclic) bond motifs is 1. The summed E-state index contributed by atoms with van der Waals surface area (Å²) in [5, 5.41) is 2.56. The van der Waals surface area contributed by atoms with Crippen LogP contribution in [0.25, 0.3) is 5.52 Å². The lowest BCUT2D eigenvalue weighted by Gasteiger charge is -2.22. The molecule has 1 atom stereocenters. The first-order valence-corrected chi connectivity index (χ1v) is 10.6. The van der Waals surface area contributed by atoms with Crippen LogP contribution < -0.4 is 15.8 Å². The van der Waals surface area contributed by atoms with Crippen molar-refractivity contribution in [2.75, 3.05) is 12.3 Å². The Bertz CT molecular complexity index is 1130. The minimum absolute atomic E-state index is 0.154. The summed E-state index contributed by atoms with van der Waals surface area (Å²) in [5.74, 6) is -0.579. The second-order valence-corrected chi connectivity index (χ2v) is 8.10. The maximum atomic E-state index is 15.0. The van der Waals surface area contributed by atoms with E-state index in [1.165, 1.54) is 6.07 Å². The van der Waals surface area contributed by atoms with Crippen molar-refractivity contribution in [3.05, 3.63) is 51.9 Å². The number of halogens is 2. The first kappa shape index (κ1) is 22.8. The Kier molecular flexibility index (Phi) is 6.69. The van der Waals surface area contributed by atoms with Crippen LogP contribution in [0.3, 0.4) is 0 Å². The molecule has 9 heteroatoms. The van der Waals surface area contributed by atoms with Crippen molar-refractivity contribution in [1.29, 1.82) is 0 Å². The van der Waals surface area contributed by atoms with Crippen molar-refractivity contribution in [3.8, 4) is 5.75 Å². The molecule has 0 bridgehead atoms. The van der Waals surface area contributed by atoms with Gasteiger partial charge in [0, 0.05) is 30.4 Å². The minimum atomic E-state index is -0.806. The van der Waals surface area contributed by atoms with Gasteiger partial charge in [-0.25, -0.2) is 14.4 Å². The third-order valence-electron chi connectivity index (χ3n) is 4.96. The molecule has 1 amide bonds. The fourth-order valence-corrected chi connectivity index (χ4v) is 3.77. The van der Waals surface area contributed by atoms with Crippen LogP contribution in [0.5, 0.6) is 5.75 Å². The van der Waals surface area contributed by atoms with E-state index >= 15 is 4.39 Å². The van der Waals surface area contributed by atoms with Gasteiger partial charge in [0.1, 0.15) is 28.5 Å². The molecule has 0 saturated carbocycles. The maximum absolute atomic E-state index is 15.0. The Morgan fingerprint density at radius 3 is 2.74 bits per heavy atom. The summed E-state index contributed by atoms with van der Waals surface area (Å²) in [6.07, 6.45) is 3.78. The zero-order chi connectivity index (χ0) is 22.9. The molecule has 3 rings (SSSR count). The van der Waals surface area contributed by atoms with Gasteiger partial charge in [0.25, 0.3) is 5.91 Å². The number of imidazole rings is 1. The number of nitrogens with zero attached hydrogens (tertiary/aromatic N) is 3. The molecule has 7 nitrogen and oxygen atoms in total. The summed E-state index contributed by atoms with van der Waals surface area (Å²) in [6.45, 7) is 9.70. The summed E-state index contributed by atoms with van der Waals surface area (Å²) in [6, 6.07) is 1.50. The molecule has 2 heterocycles. The van der Waals surface area contributed by atoms with Gasteiger partial charge in [0.2, 0.25) is 0 Å². The predicted molar refractivity (Wildman–Crippen MR) is 119 cm³/mol. The lowest BCUT2D eigenvalue weighted by Crippen LogP contribution is -2.27. The largest absolute Gasteiger partial charge is 0.490 e. The van der Waals surface area contributed by atoms with E-state index in [-0.39, 0.29) is 28.4 Å². The third-order valence-corrected chi connectivity index (χ3v) is 5.23. The predicted octanol–water partition coefficient (Wildman–Crippen LogP) is 4.49. The summed E-state index contributed by atoms with van der Waals surface area (Å²) in [5.41, 5.74) is 7.81. The van der Waals surface area contributed by atoms with E-state index in [9.17, 15) is 4.79 Å². The van der Waals surface area contributed by atoms with Crippen molar-refractivity contribution in [3.63, 3.8) is 0 Å². The number of carbonyl (C=O) groups is 1. The molecule has 31 heavy (non-hydrogen) atoms. The molecule has 0 aliphatic heterocycles. The number of carbonyl (C=O) groups excluding carboxylic acids is 1. The fraction of sp³-hybridized carbons (Fsp3) is 0.409. The SMILES string of the molecule is CCCNC(=O)c1c(F)c(Cl)cc(C(C)c2nc(C)c3c(N)nccn23)c1OC(C)C. The highest BCUT2D eigenvalue weighted by atomic mass is 35.5. The van der Waals surface area contributed by atoms with Gasteiger partial charge in [-0.2, -0.15) is 0 Å². The van der Waals surface area contributed by atoms with Gasteiger partial charge < -0.3 is 15.8 Å². The third kappa shape index (κ3) is 4.30. The standard InChI is InChI=1S/C22H27ClFN5O2/c1-6-7-27-22(30)16-17(24)15(23)10-14(19(16)31-11(2)3)12(4)21-28-13(5)18-20(25)26-8-9-29(18)21/h8-12H,6-7H2,1-5H3,(H2,25,26)(H,27,30).